The van der Waals surface area contributed by atoms with Crippen LogP contribution in [0.4, 0.5) is 5.69 Å². The van der Waals surface area contributed by atoms with Gasteiger partial charge in [-0.25, -0.2) is 0 Å². The van der Waals surface area contributed by atoms with Crippen LogP contribution in [0.2, 0.25) is 0 Å². The summed E-state index contributed by atoms with van der Waals surface area (Å²) in [4.78, 5) is 14.8. The largest absolute Gasteiger partial charge is 0.383 e. The molecule has 0 aliphatic carbocycles. The summed E-state index contributed by atoms with van der Waals surface area (Å²) in [5.41, 5.74) is 2.39. The number of carbonyl (C=O) groups is 1. The van der Waals surface area contributed by atoms with Gasteiger partial charge in [0, 0.05) is 25.4 Å². The number of methoxy groups -OCH3 is 1. The van der Waals surface area contributed by atoms with Gasteiger partial charge >= 0.3 is 0 Å². The van der Waals surface area contributed by atoms with Crippen molar-refractivity contribution in [1.29, 1.82) is 0 Å². The van der Waals surface area contributed by atoms with E-state index < -0.39 is 0 Å². The Bertz CT molecular complexity index is 476. The van der Waals surface area contributed by atoms with Gasteiger partial charge in [-0.3, -0.25) is 4.79 Å². The molecule has 4 nitrogen and oxygen atoms in total. The van der Waals surface area contributed by atoms with E-state index in [1.165, 1.54) is 5.56 Å². The Hall–Kier alpha value is -1.55. The second-order valence-corrected chi connectivity index (χ2v) is 5.67. The number of anilines is 1. The van der Waals surface area contributed by atoms with E-state index in [-0.39, 0.29) is 18.0 Å². The topological polar surface area (TPSA) is 41.6 Å². The number of amides is 1. The molecule has 1 heterocycles. The summed E-state index contributed by atoms with van der Waals surface area (Å²) >= 11 is 0. The van der Waals surface area contributed by atoms with Crippen molar-refractivity contribution in [3.05, 3.63) is 29.8 Å². The molecule has 1 aliphatic rings. The van der Waals surface area contributed by atoms with Crippen LogP contribution in [-0.4, -0.2) is 43.2 Å². The van der Waals surface area contributed by atoms with Crippen LogP contribution in [0.5, 0.6) is 0 Å². The van der Waals surface area contributed by atoms with Gasteiger partial charge in [-0.2, -0.15) is 0 Å². The fraction of sp³-hybridized carbons (Fsp3) is 0.588. The number of para-hydroxylation sites is 1. The summed E-state index contributed by atoms with van der Waals surface area (Å²) in [6.07, 6.45) is 2.77. The van der Waals surface area contributed by atoms with Gasteiger partial charge in [-0.1, -0.05) is 25.1 Å². The Kier molecular flexibility index (Phi) is 5.62. The quantitative estimate of drug-likeness (QED) is 0.876. The molecule has 1 amide bonds. The Morgan fingerprint density at radius 1 is 1.48 bits per heavy atom. The van der Waals surface area contributed by atoms with Crippen LogP contribution in [0.3, 0.4) is 0 Å². The Balaban J connectivity index is 2.07. The molecule has 0 fully saturated rings. The summed E-state index contributed by atoms with van der Waals surface area (Å²) in [5, 5.41) is 3.40. The highest BCUT2D eigenvalue weighted by Gasteiger charge is 2.29. The minimum Gasteiger partial charge on any atom is -0.383 e. The van der Waals surface area contributed by atoms with Crippen LogP contribution < -0.4 is 5.32 Å². The van der Waals surface area contributed by atoms with E-state index in [1.54, 1.807) is 7.11 Å². The van der Waals surface area contributed by atoms with Gasteiger partial charge in [0.25, 0.3) is 0 Å². The van der Waals surface area contributed by atoms with E-state index in [4.69, 9.17) is 4.74 Å². The molecule has 1 N–H and O–H groups in total. The zero-order valence-electron chi connectivity index (χ0n) is 13.3. The average Bonchev–Trinajstić information content (AvgIpc) is 2.54. The third-order valence-electron chi connectivity index (χ3n) is 4.29. The molecule has 2 rings (SSSR count). The van der Waals surface area contributed by atoms with Crippen LogP contribution in [0.15, 0.2) is 24.3 Å². The zero-order valence-corrected chi connectivity index (χ0v) is 13.3. The predicted octanol–water partition coefficient (Wildman–Crippen LogP) is 2.69. The maximum absolute atomic E-state index is 12.8. The molecular formula is C17H26N2O2. The molecule has 116 valence electrons. The first kappa shape index (κ1) is 15.8. The van der Waals surface area contributed by atoms with Gasteiger partial charge in [0.1, 0.15) is 6.04 Å². The Morgan fingerprint density at radius 3 is 2.95 bits per heavy atom. The second kappa shape index (κ2) is 7.46. The van der Waals surface area contributed by atoms with E-state index in [0.29, 0.717) is 13.2 Å². The molecule has 0 bridgehead atoms. The Morgan fingerprint density at radius 2 is 2.24 bits per heavy atom. The fourth-order valence-corrected chi connectivity index (χ4v) is 2.78. The lowest BCUT2D eigenvalue weighted by Crippen LogP contribution is -2.49. The molecule has 0 spiro atoms. The third kappa shape index (κ3) is 3.76. The molecule has 1 aromatic carbocycles. The predicted molar refractivity (Wildman–Crippen MR) is 85.5 cm³/mol. The van der Waals surface area contributed by atoms with E-state index in [0.717, 1.165) is 24.9 Å². The number of rotatable bonds is 6. The molecule has 0 saturated carbocycles. The summed E-state index contributed by atoms with van der Waals surface area (Å²) < 4.78 is 5.15. The smallest absolute Gasteiger partial charge is 0.245 e. The maximum Gasteiger partial charge on any atom is 0.245 e. The molecule has 1 aromatic rings. The lowest BCUT2D eigenvalue weighted by molar-refractivity contribution is -0.135. The normalized spacial score (nSPS) is 18.5. The molecule has 2 atom stereocenters. The molecule has 0 radical (unpaired) electrons. The second-order valence-electron chi connectivity index (χ2n) is 5.67. The molecule has 2 unspecified atom stereocenters. The van der Waals surface area contributed by atoms with Crippen LogP contribution in [0.25, 0.3) is 0 Å². The van der Waals surface area contributed by atoms with Gasteiger partial charge in [0.2, 0.25) is 5.91 Å². The SMILES string of the molecule is CCC(C)N(CCOC)C(=O)C1CCc2ccccc2N1. The molecule has 0 aromatic heterocycles. The van der Waals surface area contributed by atoms with Crippen molar-refractivity contribution >= 4 is 11.6 Å². The molecule has 0 saturated heterocycles. The molecule has 1 aliphatic heterocycles. The van der Waals surface area contributed by atoms with Crippen molar-refractivity contribution in [1.82, 2.24) is 4.90 Å². The fourth-order valence-electron chi connectivity index (χ4n) is 2.78. The van der Waals surface area contributed by atoms with Gasteiger partial charge in [0.15, 0.2) is 0 Å². The van der Waals surface area contributed by atoms with E-state index in [2.05, 4.69) is 31.3 Å². The zero-order chi connectivity index (χ0) is 15.2. The van der Waals surface area contributed by atoms with E-state index in [1.807, 2.05) is 17.0 Å². The van der Waals surface area contributed by atoms with Crippen LogP contribution in [-0.2, 0) is 16.0 Å². The van der Waals surface area contributed by atoms with Crippen molar-refractivity contribution in [3.63, 3.8) is 0 Å². The number of carbonyl (C=O) groups excluding carboxylic acids is 1. The van der Waals surface area contributed by atoms with Crippen LogP contribution in [0, 0.1) is 0 Å². The van der Waals surface area contributed by atoms with Crippen LogP contribution in [0.1, 0.15) is 32.3 Å². The summed E-state index contributed by atoms with van der Waals surface area (Å²) in [6, 6.07) is 8.36. The minimum absolute atomic E-state index is 0.120. The lowest BCUT2D eigenvalue weighted by Gasteiger charge is -2.34. The standard InChI is InChI=1S/C17H26N2O2/c1-4-13(2)19(11-12-21-3)17(20)16-10-9-14-7-5-6-8-15(14)18-16/h5-8,13,16,18H,4,9-12H2,1-3H3. The number of fused-ring (bicyclic) bond motifs is 1. The van der Waals surface area contributed by atoms with E-state index >= 15 is 0 Å². The number of nitrogens with zero attached hydrogens (tertiary/aromatic N) is 1. The molecule has 21 heavy (non-hydrogen) atoms. The maximum atomic E-state index is 12.8. The first-order valence-corrected chi connectivity index (χ1v) is 7.81. The highest BCUT2D eigenvalue weighted by molar-refractivity contribution is 5.86. The van der Waals surface area contributed by atoms with Crippen molar-refractivity contribution in [2.45, 2.75) is 45.2 Å². The summed E-state index contributed by atoms with van der Waals surface area (Å²) in [6.45, 7) is 5.45. The monoisotopic (exact) mass is 290 g/mol. The number of nitrogens with one attached hydrogen (secondary N) is 1. The van der Waals surface area contributed by atoms with Gasteiger partial charge in [-0.05, 0) is 37.8 Å². The number of ether oxygens (including phenoxy) is 1. The highest BCUT2D eigenvalue weighted by atomic mass is 16.5. The van der Waals surface area contributed by atoms with Crippen molar-refractivity contribution in [2.24, 2.45) is 0 Å². The van der Waals surface area contributed by atoms with E-state index in [9.17, 15) is 4.79 Å². The number of hydrogen-bond donors (Lipinski definition) is 1. The highest BCUT2D eigenvalue weighted by Crippen LogP contribution is 2.25. The first-order valence-electron chi connectivity index (χ1n) is 7.81. The van der Waals surface area contributed by atoms with Gasteiger partial charge < -0.3 is 15.0 Å². The lowest BCUT2D eigenvalue weighted by atomic mass is 9.97. The molecular weight excluding hydrogens is 264 g/mol. The van der Waals surface area contributed by atoms with Gasteiger partial charge in [-0.15, -0.1) is 0 Å². The first-order chi connectivity index (χ1) is 10.2. The van der Waals surface area contributed by atoms with Crippen molar-refractivity contribution in [3.8, 4) is 0 Å². The van der Waals surface area contributed by atoms with Gasteiger partial charge in [0.05, 0.1) is 6.61 Å². The number of aryl methyl sites for hydroxylation is 1. The van der Waals surface area contributed by atoms with Crippen molar-refractivity contribution in [2.75, 3.05) is 25.6 Å². The summed E-state index contributed by atoms with van der Waals surface area (Å²) in [7, 11) is 1.67. The summed E-state index contributed by atoms with van der Waals surface area (Å²) in [5.74, 6) is 0.191. The minimum atomic E-state index is -0.120. The third-order valence-corrected chi connectivity index (χ3v) is 4.29. The Labute approximate surface area is 127 Å². The van der Waals surface area contributed by atoms with Crippen LogP contribution >= 0.6 is 0 Å². The molecule has 4 heteroatoms. The average molecular weight is 290 g/mol. The van der Waals surface area contributed by atoms with Crippen molar-refractivity contribution < 1.29 is 9.53 Å². The number of hydrogen-bond acceptors (Lipinski definition) is 3. The number of benzene rings is 1.